The zero-order chi connectivity index (χ0) is 13.6. The van der Waals surface area contributed by atoms with E-state index in [2.05, 4.69) is 4.74 Å². The van der Waals surface area contributed by atoms with Gasteiger partial charge in [0, 0.05) is 5.41 Å². The third-order valence-electron chi connectivity index (χ3n) is 3.88. The third-order valence-corrected chi connectivity index (χ3v) is 3.88. The zero-order valence-electron chi connectivity index (χ0n) is 11.4. The van der Waals surface area contributed by atoms with Crippen molar-refractivity contribution in [3.05, 3.63) is 0 Å². The molecule has 1 aliphatic carbocycles. The molecule has 1 saturated carbocycles. The SMILES string of the molecule is COC(=O)[C@H](N)[C@@H](C)OCC1(CO)CCCCC1. The molecule has 1 fully saturated rings. The molecule has 0 saturated heterocycles. The smallest absolute Gasteiger partial charge is 0.325 e. The lowest BCUT2D eigenvalue weighted by Crippen LogP contribution is -2.44. The summed E-state index contributed by atoms with van der Waals surface area (Å²) in [5, 5.41) is 9.55. The number of methoxy groups -OCH3 is 1. The topological polar surface area (TPSA) is 81.8 Å². The van der Waals surface area contributed by atoms with Gasteiger partial charge in [0.1, 0.15) is 6.04 Å². The van der Waals surface area contributed by atoms with Crippen molar-refractivity contribution >= 4 is 5.97 Å². The second-order valence-corrected chi connectivity index (χ2v) is 5.28. The van der Waals surface area contributed by atoms with Crippen LogP contribution < -0.4 is 5.73 Å². The standard InChI is InChI=1S/C13H25NO4/c1-10(11(14)12(16)17-2)18-9-13(8-15)6-4-3-5-7-13/h10-11,15H,3-9,14H2,1-2H3/t10-,11-/m1/s1. The van der Waals surface area contributed by atoms with E-state index in [0.717, 1.165) is 25.7 Å². The van der Waals surface area contributed by atoms with Gasteiger partial charge >= 0.3 is 5.97 Å². The summed E-state index contributed by atoms with van der Waals surface area (Å²) >= 11 is 0. The van der Waals surface area contributed by atoms with Crippen LogP contribution in [0.5, 0.6) is 0 Å². The maximum absolute atomic E-state index is 11.3. The molecule has 0 amide bonds. The maximum atomic E-state index is 11.3. The monoisotopic (exact) mass is 259 g/mol. The normalized spacial score (nSPS) is 22.2. The molecule has 0 bridgehead atoms. The van der Waals surface area contributed by atoms with E-state index in [4.69, 9.17) is 10.5 Å². The molecule has 1 rings (SSSR count). The summed E-state index contributed by atoms with van der Waals surface area (Å²) < 4.78 is 10.3. The minimum absolute atomic E-state index is 0.132. The first-order chi connectivity index (χ1) is 8.54. The van der Waals surface area contributed by atoms with E-state index in [9.17, 15) is 9.90 Å². The molecule has 0 aromatic carbocycles. The number of carbonyl (C=O) groups is 1. The van der Waals surface area contributed by atoms with Crippen LogP contribution in [0.15, 0.2) is 0 Å². The second kappa shape index (κ2) is 7.07. The lowest BCUT2D eigenvalue weighted by atomic mass is 9.75. The summed E-state index contributed by atoms with van der Waals surface area (Å²) in [6.07, 6.45) is 5.03. The van der Waals surface area contributed by atoms with E-state index in [-0.39, 0.29) is 12.0 Å². The highest BCUT2D eigenvalue weighted by Gasteiger charge is 2.33. The van der Waals surface area contributed by atoms with Gasteiger partial charge in [-0.3, -0.25) is 4.79 Å². The Bertz CT molecular complexity index is 264. The van der Waals surface area contributed by atoms with Crippen LogP contribution in [0.3, 0.4) is 0 Å². The number of esters is 1. The van der Waals surface area contributed by atoms with Crippen molar-refractivity contribution < 1.29 is 19.4 Å². The number of hydrogen-bond donors (Lipinski definition) is 2. The van der Waals surface area contributed by atoms with Crippen LogP contribution in [0.2, 0.25) is 0 Å². The van der Waals surface area contributed by atoms with E-state index in [1.807, 2.05) is 0 Å². The molecule has 0 aliphatic heterocycles. The van der Waals surface area contributed by atoms with Crippen LogP contribution in [0.1, 0.15) is 39.0 Å². The molecule has 106 valence electrons. The van der Waals surface area contributed by atoms with Gasteiger partial charge in [-0.2, -0.15) is 0 Å². The maximum Gasteiger partial charge on any atom is 0.325 e. The fourth-order valence-electron chi connectivity index (χ4n) is 2.39. The van der Waals surface area contributed by atoms with Crippen molar-refractivity contribution in [1.29, 1.82) is 0 Å². The molecule has 0 unspecified atom stereocenters. The van der Waals surface area contributed by atoms with Crippen LogP contribution in [0, 0.1) is 5.41 Å². The number of carbonyl (C=O) groups excluding carboxylic acids is 1. The summed E-state index contributed by atoms with van der Waals surface area (Å²) in [5.74, 6) is -0.468. The molecular weight excluding hydrogens is 234 g/mol. The largest absolute Gasteiger partial charge is 0.468 e. The number of rotatable bonds is 6. The Balaban J connectivity index is 2.44. The van der Waals surface area contributed by atoms with E-state index in [1.165, 1.54) is 13.5 Å². The number of ether oxygens (including phenoxy) is 2. The van der Waals surface area contributed by atoms with Crippen molar-refractivity contribution in [1.82, 2.24) is 0 Å². The van der Waals surface area contributed by atoms with Crippen LogP contribution >= 0.6 is 0 Å². The third kappa shape index (κ3) is 3.93. The van der Waals surface area contributed by atoms with Crippen molar-refractivity contribution in [2.75, 3.05) is 20.3 Å². The lowest BCUT2D eigenvalue weighted by Gasteiger charge is -2.36. The average Bonchev–Trinajstić information content (AvgIpc) is 2.44. The Morgan fingerprint density at radius 2 is 2.00 bits per heavy atom. The minimum Gasteiger partial charge on any atom is -0.468 e. The fourth-order valence-corrected chi connectivity index (χ4v) is 2.39. The first-order valence-corrected chi connectivity index (χ1v) is 6.60. The summed E-state index contributed by atoms with van der Waals surface area (Å²) in [4.78, 5) is 11.3. The van der Waals surface area contributed by atoms with E-state index in [0.29, 0.717) is 6.61 Å². The number of hydrogen-bond acceptors (Lipinski definition) is 5. The summed E-state index contributed by atoms with van der Waals surface area (Å²) in [6, 6.07) is -0.769. The van der Waals surface area contributed by atoms with Crippen molar-refractivity contribution in [2.24, 2.45) is 11.1 Å². The van der Waals surface area contributed by atoms with Crippen molar-refractivity contribution in [3.63, 3.8) is 0 Å². The second-order valence-electron chi connectivity index (χ2n) is 5.28. The molecule has 0 aromatic heterocycles. The molecule has 18 heavy (non-hydrogen) atoms. The van der Waals surface area contributed by atoms with Gasteiger partial charge < -0.3 is 20.3 Å². The predicted molar refractivity (Wildman–Crippen MR) is 68.0 cm³/mol. The predicted octanol–water partition coefficient (Wildman–Crippen LogP) is 0.835. The number of nitrogens with two attached hydrogens (primary N) is 1. The molecule has 5 nitrogen and oxygen atoms in total. The summed E-state index contributed by atoms with van der Waals surface area (Å²) in [6.45, 7) is 2.35. The Labute approximate surface area is 109 Å². The van der Waals surface area contributed by atoms with Gasteiger partial charge in [0.05, 0.1) is 26.4 Å². The van der Waals surface area contributed by atoms with Gasteiger partial charge in [-0.1, -0.05) is 19.3 Å². The van der Waals surface area contributed by atoms with E-state index < -0.39 is 18.1 Å². The van der Waals surface area contributed by atoms with Gasteiger partial charge in [-0.25, -0.2) is 0 Å². The van der Waals surface area contributed by atoms with E-state index >= 15 is 0 Å². The molecule has 1 aliphatic rings. The fraction of sp³-hybridized carbons (Fsp3) is 0.923. The highest BCUT2D eigenvalue weighted by molar-refractivity contribution is 5.75. The molecule has 2 atom stereocenters. The van der Waals surface area contributed by atoms with Crippen molar-refractivity contribution in [2.45, 2.75) is 51.2 Å². The zero-order valence-corrected chi connectivity index (χ0v) is 11.4. The van der Waals surface area contributed by atoms with Gasteiger partial charge in [-0.05, 0) is 19.8 Å². The van der Waals surface area contributed by atoms with E-state index in [1.54, 1.807) is 6.92 Å². The quantitative estimate of drug-likeness (QED) is 0.691. The lowest BCUT2D eigenvalue weighted by molar-refractivity contribution is -0.147. The molecule has 0 heterocycles. The van der Waals surface area contributed by atoms with Crippen molar-refractivity contribution in [3.8, 4) is 0 Å². The first kappa shape index (κ1) is 15.4. The first-order valence-electron chi connectivity index (χ1n) is 6.60. The van der Waals surface area contributed by atoms with Gasteiger partial charge in [0.25, 0.3) is 0 Å². The molecule has 0 spiro atoms. The van der Waals surface area contributed by atoms with Gasteiger partial charge in [0.15, 0.2) is 0 Å². The number of aliphatic hydroxyl groups is 1. The summed E-state index contributed by atoms with van der Waals surface area (Å²) in [5.41, 5.74) is 5.56. The summed E-state index contributed by atoms with van der Waals surface area (Å²) in [7, 11) is 1.31. The van der Waals surface area contributed by atoms with Gasteiger partial charge in [-0.15, -0.1) is 0 Å². The molecule has 5 heteroatoms. The Hall–Kier alpha value is -0.650. The molecule has 3 N–H and O–H groups in total. The Morgan fingerprint density at radius 3 is 2.50 bits per heavy atom. The van der Waals surface area contributed by atoms with Crippen LogP contribution in [-0.2, 0) is 14.3 Å². The highest BCUT2D eigenvalue weighted by Crippen LogP contribution is 2.36. The van der Waals surface area contributed by atoms with Crippen LogP contribution in [0.25, 0.3) is 0 Å². The molecule has 0 aromatic rings. The van der Waals surface area contributed by atoms with Crippen LogP contribution in [-0.4, -0.2) is 43.5 Å². The highest BCUT2D eigenvalue weighted by atomic mass is 16.5. The minimum atomic E-state index is -0.769. The Kier molecular flexibility index (Phi) is 6.05. The molecular formula is C13H25NO4. The van der Waals surface area contributed by atoms with Gasteiger partial charge in [0.2, 0.25) is 0 Å². The average molecular weight is 259 g/mol. The number of aliphatic hydroxyl groups excluding tert-OH is 1. The molecule has 0 radical (unpaired) electrons. The van der Waals surface area contributed by atoms with Crippen LogP contribution in [0.4, 0.5) is 0 Å². The Morgan fingerprint density at radius 1 is 1.39 bits per heavy atom.